The van der Waals surface area contributed by atoms with Gasteiger partial charge in [0.15, 0.2) is 0 Å². The van der Waals surface area contributed by atoms with Gasteiger partial charge in [-0.2, -0.15) is 0 Å². The number of aromatic nitrogens is 3. The molecule has 32 heavy (non-hydrogen) atoms. The van der Waals surface area contributed by atoms with Crippen LogP contribution in [0.25, 0.3) is 0 Å². The van der Waals surface area contributed by atoms with Crippen LogP contribution in [-0.2, 0) is 17.4 Å². The van der Waals surface area contributed by atoms with Gasteiger partial charge in [-0.25, -0.2) is 13.1 Å². The van der Waals surface area contributed by atoms with Crippen molar-refractivity contribution in [2.75, 3.05) is 0 Å². The minimum atomic E-state index is -2.70. The largest absolute Gasteiger partial charge is 0.264 e. The predicted octanol–water partition coefficient (Wildman–Crippen LogP) is 4.11. The number of thiol groups is 1. The molecule has 0 radical (unpaired) electrons. The molecule has 1 N–H and O–H groups in total. The van der Waals surface area contributed by atoms with Crippen molar-refractivity contribution in [3.63, 3.8) is 0 Å². The van der Waals surface area contributed by atoms with E-state index in [4.69, 9.17) is 16.6 Å². The molecule has 0 bridgehead atoms. The van der Waals surface area contributed by atoms with Gasteiger partial charge in [0, 0.05) is 47.3 Å². The molecule has 3 aromatic heterocycles. The zero-order chi connectivity index (χ0) is 22.3. The SMILES string of the molecule is O=[SH](=O)NCc1cccc(C(c2ccc(Cl)cc2)C(c2cccnc2)c2cccnc2)n1. The lowest BCUT2D eigenvalue weighted by atomic mass is 9.76. The molecule has 0 aliphatic heterocycles. The summed E-state index contributed by atoms with van der Waals surface area (Å²) < 4.78 is 24.4. The van der Waals surface area contributed by atoms with Gasteiger partial charge < -0.3 is 0 Å². The van der Waals surface area contributed by atoms with Crippen LogP contribution >= 0.6 is 11.6 Å². The van der Waals surface area contributed by atoms with E-state index in [1.165, 1.54) is 0 Å². The van der Waals surface area contributed by atoms with Crippen LogP contribution in [-0.4, -0.2) is 23.4 Å². The number of benzene rings is 1. The van der Waals surface area contributed by atoms with Crippen molar-refractivity contribution < 1.29 is 8.42 Å². The summed E-state index contributed by atoms with van der Waals surface area (Å²) in [4.78, 5) is 13.5. The van der Waals surface area contributed by atoms with E-state index < -0.39 is 10.9 Å². The Bertz CT molecular complexity index is 1190. The van der Waals surface area contributed by atoms with Crippen LogP contribution in [0.5, 0.6) is 0 Å². The number of nitrogens with one attached hydrogen (secondary N) is 1. The quantitative estimate of drug-likeness (QED) is 0.383. The van der Waals surface area contributed by atoms with Gasteiger partial charge in [-0.15, -0.1) is 0 Å². The van der Waals surface area contributed by atoms with Crippen molar-refractivity contribution in [1.82, 2.24) is 19.7 Å². The van der Waals surface area contributed by atoms with Gasteiger partial charge in [0.2, 0.25) is 10.9 Å². The molecule has 0 aliphatic carbocycles. The predicted molar refractivity (Wildman–Crippen MR) is 125 cm³/mol. The lowest BCUT2D eigenvalue weighted by molar-refractivity contribution is 0.600. The zero-order valence-electron chi connectivity index (χ0n) is 17.0. The molecule has 1 unspecified atom stereocenters. The summed E-state index contributed by atoms with van der Waals surface area (Å²) in [5.41, 5.74) is 4.52. The number of rotatable bonds is 8. The molecule has 0 aliphatic rings. The van der Waals surface area contributed by atoms with Crippen molar-refractivity contribution in [1.29, 1.82) is 0 Å². The van der Waals surface area contributed by atoms with Crippen molar-refractivity contribution >= 4 is 22.5 Å². The highest BCUT2D eigenvalue weighted by atomic mass is 35.5. The molecule has 4 aromatic rings. The molecule has 0 saturated heterocycles. The Morgan fingerprint density at radius 3 is 2.00 bits per heavy atom. The Labute approximate surface area is 193 Å². The number of halogens is 1. The average molecular weight is 465 g/mol. The van der Waals surface area contributed by atoms with Crippen LogP contribution in [0.15, 0.2) is 91.5 Å². The second-order valence-electron chi connectivity index (χ2n) is 7.23. The van der Waals surface area contributed by atoms with E-state index in [1.807, 2.05) is 73.1 Å². The van der Waals surface area contributed by atoms with Crippen molar-refractivity contribution in [2.24, 2.45) is 0 Å². The average Bonchev–Trinajstić information content (AvgIpc) is 2.83. The lowest BCUT2D eigenvalue weighted by Crippen LogP contribution is -2.18. The second kappa shape index (κ2) is 10.5. The van der Waals surface area contributed by atoms with Gasteiger partial charge in [0.1, 0.15) is 0 Å². The van der Waals surface area contributed by atoms with Crippen LogP contribution in [0, 0.1) is 0 Å². The summed E-state index contributed by atoms with van der Waals surface area (Å²) in [5.74, 6) is -0.299. The van der Waals surface area contributed by atoms with E-state index in [0.717, 1.165) is 22.4 Å². The summed E-state index contributed by atoms with van der Waals surface area (Å²) in [6, 6.07) is 21.3. The van der Waals surface area contributed by atoms with Crippen LogP contribution < -0.4 is 4.72 Å². The third kappa shape index (κ3) is 5.37. The smallest absolute Gasteiger partial charge is 0.201 e. The number of hydrogen-bond donors (Lipinski definition) is 2. The molecular weight excluding hydrogens is 444 g/mol. The first-order chi connectivity index (χ1) is 15.6. The summed E-state index contributed by atoms with van der Waals surface area (Å²) >= 11 is 6.17. The fraction of sp³-hybridized carbons (Fsp3) is 0.125. The molecule has 1 aromatic carbocycles. The fourth-order valence-electron chi connectivity index (χ4n) is 3.82. The molecule has 0 fully saturated rings. The molecule has 0 spiro atoms. The van der Waals surface area contributed by atoms with Gasteiger partial charge in [-0.05, 0) is 53.1 Å². The van der Waals surface area contributed by atoms with Crippen molar-refractivity contribution in [3.8, 4) is 0 Å². The molecular formula is C24H21ClN4O2S. The lowest BCUT2D eigenvalue weighted by Gasteiger charge is -2.28. The summed E-state index contributed by atoms with van der Waals surface area (Å²) in [5, 5.41) is 0.650. The van der Waals surface area contributed by atoms with E-state index in [-0.39, 0.29) is 18.4 Å². The first kappa shape index (κ1) is 22.1. The number of pyridine rings is 3. The standard InChI is InChI=1S/C24H21ClN4O2S/c25-20-10-8-17(9-11-20)24(22-7-1-6-21(29-22)16-28-32(30)31)23(18-4-2-12-26-14-18)19-5-3-13-27-15-19/h1-15,23-24,32H,16H2,(H,28,30,31). The van der Waals surface area contributed by atoms with E-state index in [1.54, 1.807) is 18.5 Å². The molecule has 3 heterocycles. The molecule has 8 heteroatoms. The maximum Gasteiger partial charge on any atom is 0.201 e. The maximum absolute atomic E-state index is 11.0. The molecule has 0 amide bonds. The van der Waals surface area contributed by atoms with Gasteiger partial charge in [-0.1, -0.05) is 41.9 Å². The topological polar surface area (TPSA) is 84.8 Å². The second-order valence-corrected chi connectivity index (χ2v) is 8.49. The highest BCUT2D eigenvalue weighted by molar-refractivity contribution is 7.70. The van der Waals surface area contributed by atoms with E-state index in [9.17, 15) is 8.42 Å². The van der Waals surface area contributed by atoms with Gasteiger partial charge in [0.05, 0.1) is 12.2 Å². The fourth-order valence-corrected chi connectivity index (χ4v) is 4.23. The zero-order valence-corrected chi connectivity index (χ0v) is 18.7. The van der Waals surface area contributed by atoms with Crippen LogP contribution in [0.1, 0.15) is 39.9 Å². The molecule has 162 valence electrons. The van der Waals surface area contributed by atoms with Crippen LogP contribution in [0.4, 0.5) is 0 Å². The van der Waals surface area contributed by atoms with Gasteiger partial charge >= 0.3 is 0 Å². The summed E-state index contributed by atoms with van der Waals surface area (Å²) in [6.45, 7) is 0.129. The summed E-state index contributed by atoms with van der Waals surface area (Å²) in [7, 11) is -2.70. The summed E-state index contributed by atoms with van der Waals surface area (Å²) in [6.07, 6.45) is 7.20. The monoisotopic (exact) mass is 464 g/mol. The molecule has 0 saturated carbocycles. The van der Waals surface area contributed by atoms with Gasteiger partial charge in [0.25, 0.3) is 0 Å². The van der Waals surface area contributed by atoms with E-state index in [0.29, 0.717) is 10.7 Å². The third-order valence-corrected chi connectivity index (χ3v) is 5.85. The Morgan fingerprint density at radius 2 is 1.44 bits per heavy atom. The number of nitrogens with zero attached hydrogens (tertiary/aromatic N) is 3. The highest BCUT2D eigenvalue weighted by Crippen LogP contribution is 2.42. The molecule has 6 nitrogen and oxygen atoms in total. The number of hydrogen-bond acceptors (Lipinski definition) is 5. The Morgan fingerprint density at radius 1 is 0.781 bits per heavy atom. The Hall–Kier alpha value is -3.13. The third-order valence-electron chi connectivity index (χ3n) is 5.19. The van der Waals surface area contributed by atoms with E-state index in [2.05, 4.69) is 14.7 Å². The van der Waals surface area contributed by atoms with Crippen LogP contribution in [0.3, 0.4) is 0 Å². The van der Waals surface area contributed by atoms with Gasteiger partial charge in [-0.3, -0.25) is 15.0 Å². The Balaban J connectivity index is 1.88. The normalized spacial score (nSPS) is 12.2. The molecule has 4 rings (SSSR count). The first-order valence-corrected chi connectivity index (χ1v) is 11.6. The first-order valence-electron chi connectivity index (χ1n) is 10.0. The minimum absolute atomic E-state index is 0.120. The molecule has 1 atom stereocenters. The van der Waals surface area contributed by atoms with Crippen molar-refractivity contribution in [3.05, 3.63) is 125 Å². The van der Waals surface area contributed by atoms with Crippen molar-refractivity contribution in [2.45, 2.75) is 18.4 Å². The Kier molecular flexibility index (Phi) is 7.21. The van der Waals surface area contributed by atoms with E-state index >= 15 is 0 Å². The minimum Gasteiger partial charge on any atom is -0.264 e. The van der Waals surface area contributed by atoms with Crippen LogP contribution in [0.2, 0.25) is 5.02 Å². The maximum atomic E-state index is 11.0. The highest BCUT2D eigenvalue weighted by Gasteiger charge is 2.30.